The molecule has 0 aliphatic carbocycles. The number of methoxy groups -OCH3 is 1. The molecular formula is C7H7IN2O3. The van der Waals surface area contributed by atoms with Gasteiger partial charge in [0.15, 0.2) is 5.69 Å². The molecule has 0 spiro atoms. The smallest absolute Gasteiger partial charge is 0.296 e. The summed E-state index contributed by atoms with van der Waals surface area (Å²) in [5.74, 6) is 0.462. The molecule has 0 aliphatic rings. The van der Waals surface area contributed by atoms with Crippen LogP contribution in [0, 0.1) is 10.1 Å². The summed E-state index contributed by atoms with van der Waals surface area (Å²) in [6.07, 6.45) is 0. The Morgan fingerprint density at radius 1 is 1.62 bits per heavy atom. The Balaban J connectivity index is 3.27. The van der Waals surface area contributed by atoms with E-state index < -0.39 is 4.92 Å². The zero-order valence-corrected chi connectivity index (χ0v) is 8.94. The molecule has 0 aromatic heterocycles. The number of nitrogens with zero attached hydrogens (tertiary/aromatic N) is 1. The van der Waals surface area contributed by atoms with Crippen LogP contribution in [0.5, 0.6) is 5.75 Å². The molecule has 0 fully saturated rings. The van der Waals surface area contributed by atoms with Crippen LogP contribution in [0.15, 0.2) is 18.2 Å². The maximum absolute atomic E-state index is 10.6. The average Bonchev–Trinajstić information content (AvgIpc) is 2.16. The molecule has 0 radical (unpaired) electrons. The van der Waals surface area contributed by atoms with E-state index in [2.05, 4.69) is 3.53 Å². The first-order chi connectivity index (χ1) is 6.20. The Labute approximate surface area is 88.7 Å². The molecule has 0 bridgehead atoms. The van der Waals surface area contributed by atoms with Crippen molar-refractivity contribution < 1.29 is 9.66 Å². The van der Waals surface area contributed by atoms with Gasteiger partial charge in [-0.3, -0.25) is 10.1 Å². The number of nitro benzene ring substituents is 1. The van der Waals surface area contributed by atoms with Gasteiger partial charge >= 0.3 is 0 Å². The van der Waals surface area contributed by atoms with Gasteiger partial charge in [-0.05, 0) is 6.07 Å². The lowest BCUT2D eigenvalue weighted by molar-refractivity contribution is -0.383. The molecule has 1 rings (SSSR count). The summed E-state index contributed by atoms with van der Waals surface area (Å²) < 4.78 is 7.66. The van der Waals surface area contributed by atoms with E-state index in [0.29, 0.717) is 11.4 Å². The fourth-order valence-electron chi connectivity index (χ4n) is 0.937. The van der Waals surface area contributed by atoms with E-state index in [4.69, 9.17) is 4.74 Å². The van der Waals surface area contributed by atoms with Crippen molar-refractivity contribution in [3.63, 3.8) is 0 Å². The molecule has 70 valence electrons. The molecular weight excluding hydrogens is 287 g/mol. The second-order valence-electron chi connectivity index (χ2n) is 2.21. The number of para-hydroxylation sites is 1. The molecule has 1 aromatic carbocycles. The number of rotatable bonds is 3. The molecule has 0 unspecified atom stereocenters. The number of halogens is 1. The molecule has 0 aliphatic heterocycles. The lowest BCUT2D eigenvalue weighted by atomic mass is 10.2. The molecule has 1 N–H and O–H groups in total. The zero-order chi connectivity index (χ0) is 9.84. The van der Waals surface area contributed by atoms with Crippen molar-refractivity contribution in [2.45, 2.75) is 0 Å². The van der Waals surface area contributed by atoms with Crippen molar-refractivity contribution in [2.24, 2.45) is 0 Å². The van der Waals surface area contributed by atoms with Crippen LogP contribution in [0.1, 0.15) is 0 Å². The first-order valence-electron chi connectivity index (χ1n) is 3.38. The second kappa shape index (κ2) is 4.26. The summed E-state index contributed by atoms with van der Waals surface area (Å²) in [5, 5.41) is 10.6. The van der Waals surface area contributed by atoms with Crippen LogP contribution in [-0.2, 0) is 0 Å². The third-order valence-corrected chi connectivity index (χ3v) is 2.05. The van der Waals surface area contributed by atoms with Gasteiger partial charge in [0, 0.05) is 6.07 Å². The SMILES string of the molecule is COc1cccc([N+](=O)[O-])c1NI. The molecule has 13 heavy (non-hydrogen) atoms. The standard InChI is InChI=1S/C7H7IN2O3/c1-13-6-4-2-3-5(10(11)12)7(6)9-8/h2-4,9H,1H3. The molecule has 0 heterocycles. The van der Waals surface area contributed by atoms with Crippen molar-refractivity contribution in [2.75, 3.05) is 10.6 Å². The van der Waals surface area contributed by atoms with E-state index in [1.165, 1.54) is 13.2 Å². The summed E-state index contributed by atoms with van der Waals surface area (Å²) in [4.78, 5) is 10.1. The van der Waals surface area contributed by atoms with Crippen LogP contribution in [0.3, 0.4) is 0 Å². The van der Waals surface area contributed by atoms with Crippen molar-refractivity contribution >= 4 is 34.2 Å². The third-order valence-electron chi connectivity index (χ3n) is 1.52. The van der Waals surface area contributed by atoms with Crippen LogP contribution in [-0.4, -0.2) is 12.0 Å². The predicted molar refractivity (Wildman–Crippen MR) is 57.3 cm³/mol. The number of nitrogens with one attached hydrogen (secondary N) is 1. The van der Waals surface area contributed by atoms with Gasteiger partial charge in [-0.25, -0.2) is 0 Å². The van der Waals surface area contributed by atoms with E-state index in [0.717, 1.165) is 0 Å². The summed E-state index contributed by atoms with van der Waals surface area (Å²) in [5.41, 5.74) is 0.393. The number of nitro groups is 1. The highest BCUT2D eigenvalue weighted by atomic mass is 127. The molecule has 1 aromatic rings. The van der Waals surface area contributed by atoms with Crippen molar-refractivity contribution in [3.05, 3.63) is 28.3 Å². The second-order valence-corrected chi connectivity index (χ2v) is 2.75. The number of hydrogen-bond donors (Lipinski definition) is 1. The Morgan fingerprint density at radius 3 is 2.77 bits per heavy atom. The monoisotopic (exact) mass is 294 g/mol. The minimum Gasteiger partial charge on any atom is -0.494 e. The Kier molecular flexibility index (Phi) is 3.29. The number of hydrogen-bond acceptors (Lipinski definition) is 4. The molecule has 5 nitrogen and oxygen atoms in total. The van der Waals surface area contributed by atoms with Gasteiger partial charge in [0.1, 0.15) is 5.75 Å². The van der Waals surface area contributed by atoms with Gasteiger partial charge in [-0.2, -0.15) is 0 Å². The fraction of sp³-hybridized carbons (Fsp3) is 0.143. The largest absolute Gasteiger partial charge is 0.494 e. The van der Waals surface area contributed by atoms with E-state index >= 15 is 0 Å². The number of anilines is 1. The normalized spacial score (nSPS) is 9.38. The highest BCUT2D eigenvalue weighted by molar-refractivity contribution is 14.1. The topological polar surface area (TPSA) is 64.4 Å². The molecule has 6 heteroatoms. The maximum atomic E-state index is 10.6. The minimum atomic E-state index is -0.455. The van der Waals surface area contributed by atoms with E-state index in [1.807, 2.05) is 22.9 Å². The number of benzene rings is 1. The van der Waals surface area contributed by atoms with Crippen LogP contribution in [0.2, 0.25) is 0 Å². The van der Waals surface area contributed by atoms with Gasteiger partial charge in [0.05, 0.1) is 34.9 Å². The predicted octanol–water partition coefficient (Wildman–Crippen LogP) is 2.37. The summed E-state index contributed by atoms with van der Waals surface area (Å²) in [6, 6.07) is 4.66. The van der Waals surface area contributed by atoms with Gasteiger partial charge < -0.3 is 8.27 Å². The fourth-order valence-corrected chi connectivity index (χ4v) is 1.48. The average molecular weight is 294 g/mol. The van der Waals surface area contributed by atoms with Crippen LogP contribution >= 0.6 is 22.9 Å². The van der Waals surface area contributed by atoms with Gasteiger partial charge in [-0.15, -0.1) is 0 Å². The van der Waals surface area contributed by atoms with Crippen molar-refractivity contribution in [1.29, 1.82) is 0 Å². The van der Waals surface area contributed by atoms with Gasteiger partial charge in [0.25, 0.3) is 5.69 Å². The zero-order valence-electron chi connectivity index (χ0n) is 6.78. The molecule has 0 saturated carbocycles. The van der Waals surface area contributed by atoms with E-state index in [-0.39, 0.29) is 5.69 Å². The molecule has 0 amide bonds. The minimum absolute atomic E-state index is 0.00810. The van der Waals surface area contributed by atoms with Crippen molar-refractivity contribution in [3.8, 4) is 5.75 Å². The number of ether oxygens (including phenoxy) is 1. The quantitative estimate of drug-likeness (QED) is 0.402. The van der Waals surface area contributed by atoms with Crippen LogP contribution < -0.4 is 8.27 Å². The van der Waals surface area contributed by atoms with Crippen LogP contribution in [0.25, 0.3) is 0 Å². The van der Waals surface area contributed by atoms with Gasteiger partial charge in [0.2, 0.25) is 0 Å². The Hall–Kier alpha value is -1.05. The van der Waals surface area contributed by atoms with Crippen LogP contribution in [0.4, 0.5) is 11.4 Å². The van der Waals surface area contributed by atoms with Crippen molar-refractivity contribution in [1.82, 2.24) is 0 Å². The molecule has 0 atom stereocenters. The summed E-state index contributed by atoms with van der Waals surface area (Å²) in [7, 11) is 1.47. The highest BCUT2D eigenvalue weighted by Crippen LogP contribution is 2.34. The van der Waals surface area contributed by atoms with E-state index in [1.54, 1.807) is 12.1 Å². The first kappa shape index (κ1) is 10.0. The molecule has 0 saturated heterocycles. The first-order valence-corrected chi connectivity index (χ1v) is 4.46. The lowest BCUT2D eigenvalue weighted by Gasteiger charge is -2.05. The Bertz CT molecular complexity index is 330. The summed E-state index contributed by atoms with van der Waals surface area (Å²) in [6.45, 7) is 0. The Morgan fingerprint density at radius 2 is 2.31 bits per heavy atom. The third kappa shape index (κ3) is 2.00. The summed E-state index contributed by atoms with van der Waals surface area (Å²) >= 11 is 1.83. The lowest BCUT2D eigenvalue weighted by Crippen LogP contribution is -1.95. The highest BCUT2D eigenvalue weighted by Gasteiger charge is 2.16. The maximum Gasteiger partial charge on any atom is 0.296 e. The van der Waals surface area contributed by atoms with E-state index in [9.17, 15) is 10.1 Å². The van der Waals surface area contributed by atoms with Gasteiger partial charge in [-0.1, -0.05) is 6.07 Å².